The van der Waals surface area contributed by atoms with Gasteiger partial charge >= 0.3 is 0 Å². The standard InChI is InChI=1S/C34H38FN7O5S2/c35-26-15-13-24(14-16-26)20-28(31(44)40-27(12-7-17-39-34(36)37)30(43)33-38-18-19-48-33)41-32(45)29(21-23-8-3-1-4-9-23)42-49(46,47)22-25-10-5-2-6-11-25/h1-6,8-11,13-16,18-19,27-29,42H,7,12,17,20-22H2,(H,40,44)(H,41,45)(H4,36,37,39). The van der Waals surface area contributed by atoms with E-state index in [4.69, 9.17) is 11.5 Å². The van der Waals surface area contributed by atoms with Crippen LogP contribution in [0, 0.1) is 5.82 Å². The molecule has 1 heterocycles. The third-order valence-corrected chi connectivity index (χ3v) is 9.47. The van der Waals surface area contributed by atoms with E-state index in [1.807, 2.05) is 0 Å². The Balaban J connectivity index is 1.60. The minimum Gasteiger partial charge on any atom is -0.370 e. The fourth-order valence-corrected chi connectivity index (χ4v) is 6.94. The number of guanidine groups is 1. The van der Waals surface area contributed by atoms with Crippen LogP contribution >= 0.6 is 11.3 Å². The van der Waals surface area contributed by atoms with Gasteiger partial charge in [-0.2, -0.15) is 0 Å². The molecule has 3 atom stereocenters. The van der Waals surface area contributed by atoms with Crippen LogP contribution in [0.5, 0.6) is 0 Å². The van der Waals surface area contributed by atoms with E-state index < -0.39 is 51.6 Å². The number of ketones is 1. The molecule has 15 heteroatoms. The number of aliphatic imine (C=N–C) groups is 1. The fraction of sp³-hybridized carbons (Fsp3) is 0.265. The highest BCUT2D eigenvalue weighted by Crippen LogP contribution is 2.14. The topological polar surface area (TPSA) is 199 Å². The fourth-order valence-electron chi connectivity index (χ4n) is 4.97. The molecule has 258 valence electrons. The van der Waals surface area contributed by atoms with Gasteiger partial charge in [-0.05, 0) is 48.1 Å². The summed E-state index contributed by atoms with van der Waals surface area (Å²) in [4.78, 5) is 49.2. The first-order valence-corrected chi connectivity index (χ1v) is 17.9. The first-order chi connectivity index (χ1) is 23.5. The van der Waals surface area contributed by atoms with Gasteiger partial charge in [0.25, 0.3) is 0 Å². The lowest BCUT2D eigenvalue weighted by Crippen LogP contribution is -2.57. The minimum atomic E-state index is -4.02. The van der Waals surface area contributed by atoms with Crippen molar-refractivity contribution in [2.24, 2.45) is 16.5 Å². The molecule has 3 aromatic carbocycles. The Morgan fingerprint density at radius 1 is 0.796 bits per heavy atom. The van der Waals surface area contributed by atoms with E-state index in [0.29, 0.717) is 23.1 Å². The van der Waals surface area contributed by atoms with E-state index in [9.17, 15) is 27.2 Å². The molecule has 49 heavy (non-hydrogen) atoms. The predicted molar refractivity (Wildman–Crippen MR) is 186 cm³/mol. The zero-order chi connectivity index (χ0) is 35.2. The number of hydrogen-bond acceptors (Lipinski definition) is 8. The average Bonchev–Trinajstić information content (AvgIpc) is 3.62. The van der Waals surface area contributed by atoms with Gasteiger partial charge in [0.2, 0.25) is 27.6 Å². The van der Waals surface area contributed by atoms with Crippen LogP contribution in [0.25, 0.3) is 0 Å². The lowest BCUT2D eigenvalue weighted by Gasteiger charge is -2.25. The molecule has 0 bridgehead atoms. The first-order valence-electron chi connectivity index (χ1n) is 15.4. The number of halogens is 1. The number of carbonyl (C=O) groups excluding carboxylic acids is 3. The van der Waals surface area contributed by atoms with Crippen LogP contribution in [0.3, 0.4) is 0 Å². The van der Waals surface area contributed by atoms with Crippen molar-refractivity contribution in [3.05, 3.63) is 124 Å². The Labute approximate surface area is 288 Å². The number of amides is 2. The molecular formula is C34H38FN7O5S2. The summed E-state index contributed by atoms with van der Waals surface area (Å²) in [6.07, 6.45) is 1.88. The smallest absolute Gasteiger partial charge is 0.243 e. The molecule has 4 aromatic rings. The SMILES string of the molecule is NC(N)=NCCCC(NC(=O)C(Cc1ccc(F)cc1)NC(=O)C(Cc1ccccc1)NS(=O)(=O)Cc1ccccc1)C(=O)c1nccs1. The summed E-state index contributed by atoms with van der Waals surface area (Å²) >= 11 is 1.11. The number of rotatable bonds is 18. The van der Waals surface area contributed by atoms with E-state index in [-0.39, 0.29) is 42.5 Å². The summed E-state index contributed by atoms with van der Waals surface area (Å²) in [6.45, 7) is 0.208. The zero-order valence-electron chi connectivity index (χ0n) is 26.5. The van der Waals surface area contributed by atoms with Crippen LogP contribution in [-0.2, 0) is 38.2 Å². The van der Waals surface area contributed by atoms with E-state index >= 15 is 0 Å². The Morgan fingerprint density at radius 2 is 1.37 bits per heavy atom. The number of aromatic nitrogens is 1. The highest BCUT2D eigenvalue weighted by molar-refractivity contribution is 7.88. The van der Waals surface area contributed by atoms with Crippen molar-refractivity contribution in [3.8, 4) is 0 Å². The lowest BCUT2D eigenvalue weighted by atomic mass is 10.0. The van der Waals surface area contributed by atoms with Crippen LogP contribution in [0.15, 0.2) is 101 Å². The number of thiazole rings is 1. The number of sulfonamides is 1. The summed E-state index contributed by atoms with van der Waals surface area (Å²) in [7, 11) is -4.02. The van der Waals surface area contributed by atoms with Gasteiger partial charge in [0, 0.05) is 24.5 Å². The Bertz CT molecular complexity index is 1800. The molecule has 0 saturated carbocycles. The molecule has 0 aliphatic carbocycles. The van der Waals surface area contributed by atoms with Crippen molar-refractivity contribution < 1.29 is 27.2 Å². The second-order valence-corrected chi connectivity index (χ2v) is 13.9. The van der Waals surface area contributed by atoms with E-state index in [0.717, 1.165) is 11.3 Å². The largest absolute Gasteiger partial charge is 0.370 e. The van der Waals surface area contributed by atoms with Crippen LogP contribution < -0.4 is 26.8 Å². The Morgan fingerprint density at radius 3 is 1.98 bits per heavy atom. The van der Waals surface area contributed by atoms with Crippen molar-refractivity contribution >= 4 is 44.9 Å². The van der Waals surface area contributed by atoms with Gasteiger partial charge in [0.1, 0.15) is 17.9 Å². The zero-order valence-corrected chi connectivity index (χ0v) is 28.1. The van der Waals surface area contributed by atoms with E-state index in [2.05, 4.69) is 25.3 Å². The van der Waals surface area contributed by atoms with Gasteiger partial charge in [-0.1, -0.05) is 72.8 Å². The maximum absolute atomic E-state index is 13.9. The first kappa shape index (κ1) is 36.8. The maximum atomic E-state index is 13.9. The summed E-state index contributed by atoms with van der Waals surface area (Å²) in [5.74, 6) is -2.88. The third-order valence-electron chi connectivity index (χ3n) is 7.33. The average molecular weight is 708 g/mol. The summed E-state index contributed by atoms with van der Waals surface area (Å²) in [6, 6.07) is 19.1. The van der Waals surface area contributed by atoms with Gasteiger partial charge in [-0.3, -0.25) is 19.4 Å². The van der Waals surface area contributed by atoms with Gasteiger partial charge in [-0.25, -0.2) is 22.5 Å². The monoisotopic (exact) mass is 707 g/mol. The molecular weight excluding hydrogens is 670 g/mol. The molecule has 2 amide bonds. The van der Waals surface area contributed by atoms with Crippen LogP contribution in [0.2, 0.25) is 0 Å². The van der Waals surface area contributed by atoms with Gasteiger partial charge in [-0.15, -0.1) is 11.3 Å². The van der Waals surface area contributed by atoms with Crippen molar-refractivity contribution in [2.75, 3.05) is 6.54 Å². The third kappa shape index (κ3) is 12.2. The Hall–Kier alpha value is -4.99. The molecule has 0 aliphatic rings. The van der Waals surface area contributed by atoms with Gasteiger partial charge in [0.15, 0.2) is 11.0 Å². The van der Waals surface area contributed by atoms with Gasteiger partial charge in [0.05, 0.1) is 11.8 Å². The molecule has 12 nitrogen and oxygen atoms in total. The number of carbonyl (C=O) groups is 3. The minimum absolute atomic E-state index is 0.0124. The second-order valence-electron chi connectivity index (χ2n) is 11.2. The van der Waals surface area contributed by atoms with Crippen LogP contribution in [0.1, 0.15) is 39.3 Å². The van der Waals surface area contributed by atoms with Crippen molar-refractivity contribution in [1.82, 2.24) is 20.3 Å². The maximum Gasteiger partial charge on any atom is 0.243 e. The number of benzene rings is 3. The summed E-state index contributed by atoms with van der Waals surface area (Å²) in [5, 5.41) is 7.25. The van der Waals surface area contributed by atoms with E-state index in [1.165, 1.54) is 30.5 Å². The lowest BCUT2D eigenvalue weighted by molar-refractivity contribution is -0.130. The second kappa shape index (κ2) is 18.0. The number of nitrogens with zero attached hydrogens (tertiary/aromatic N) is 2. The molecule has 7 N–H and O–H groups in total. The van der Waals surface area contributed by atoms with Gasteiger partial charge < -0.3 is 22.1 Å². The Kier molecular flexibility index (Phi) is 13.5. The summed E-state index contributed by atoms with van der Waals surface area (Å²) in [5.41, 5.74) is 12.6. The molecule has 3 unspecified atom stereocenters. The highest BCUT2D eigenvalue weighted by atomic mass is 32.2. The number of nitrogens with two attached hydrogens (primary N) is 2. The molecule has 0 radical (unpaired) electrons. The molecule has 0 saturated heterocycles. The normalized spacial score (nSPS) is 13.1. The number of nitrogens with one attached hydrogen (secondary N) is 3. The summed E-state index contributed by atoms with van der Waals surface area (Å²) < 4.78 is 42.8. The molecule has 4 rings (SSSR count). The number of hydrogen-bond donors (Lipinski definition) is 5. The van der Waals surface area contributed by atoms with Crippen molar-refractivity contribution in [2.45, 2.75) is 49.6 Å². The highest BCUT2D eigenvalue weighted by Gasteiger charge is 2.32. The number of Topliss-reactive ketones (excluding diaryl/α,β-unsaturated/α-hetero) is 1. The predicted octanol–water partition coefficient (Wildman–Crippen LogP) is 2.46. The van der Waals surface area contributed by atoms with Crippen LogP contribution in [-0.4, -0.2) is 61.6 Å². The van der Waals surface area contributed by atoms with Crippen LogP contribution in [0.4, 0.5) is 4.39 Å². The molecule has 0 spiro atoms. The van der Waals surface area contributed by atoms with Crippen molar-refractivity contribution in [3.63, 3.8) is 0 Å². The molecule has 1 aromatic heterocycles. The molecule has 0 aliphatic heterocycles. The molecule has 0 fully saturated rings. The van der Waals surface area contributed by atoms with E-state index in [1.54, 1.807) is 66.0 Å². The quantitative estimate of drug-likeness (QED) is 0.0450. The van der Waals surface area contributed by atoms with Crippen molar-refractivity contribution in [1.29, 1.82) is 0 Å².